The van der Waals surface area contributed by atoms with Crippen LogP contribution in [0.25, 0.3) is 11.0 Å². The van der Waals surface area contributed by atoms with Crippen LogP contribution in [0.4, 0.5) is 0 Å². The van der Waals surface area contributed by atoms with Gasteiger partial charge in [0.1, 0.15) is 0 Å². The number of nitrogens with one attached hydrogen (secondary N) is 1. The number of piperidine rings is 1. The Bertz CT molecular complexity index is 680. The second kappa shape index (κ2) is 4.83. The lowest BCUT2D eigenvalue weighted by Crippen LogP contribution is -2.40. The lowest BCUT2D eigenvalue weighted by molar-refractivity contribution is -0.134. The quantitative estimate of drug-likeness (QED) is 0.920. The number of hydrogen-bond acceptors (Lipinski definition) is 3. The van der Waals surface area contributed by atoms with Crippen molar-refractivity contribution in [1.82, 2.24) is 20.1 Å². The van der Waals surface area contributed by atoms with Crippen molar-refractivity contribution in [1.29, 1.82) is 0 Å². The van der Waals surface area contributed by atoms with E-state index in [1.165, 1.54) is 0 Å². The summed E-state index contributed by atoms with van der Waals surface area (Å²) >= 11 is 0. The van der Waals surface area contributed by atoms with Crippen molar-refractivity contribution in [2.24, 2.45) is 11.8 Å². The van der Waals surface area contributed by atoms with Crippen LogP contribution in [0.2, 0.25) is 0 Å². The molecule has 5 heteroatoms. The number of amides is 1. The SMILES string of the molecule is C[C@@H]1C[C@@H]1C(=O)N1CCC[C@@H](c2[nH]nc3ncccc23)C1. The van der Waals surface area contributed by atoms with E-state index in [0.717, 1.165) is 49.1 Å². The van der Waals surface area contributed by atoms with E-state index in [1.54, 1.807) is 6.20 Å². The molecule has 2 fully saturated rings. The van der Waals surface area contributed by atoms with Crippen molar-refractivity contribution in [2.45, 2.75) is 32.1 Å². The number of rotatable bonds is 2. The van der Waals surface area contributed by atoms with Gasteiger partial charge in [0.05, 0.1) is 0 Å². The molecular weight excluding hydrogens is 264 g/mol. The van der Waals surface area contributed by atoms with Gasteiger partial charge in [-0.3, -0.25) is 9.89 Å². The second-order valence-electron chi connectivity index (χ2n) is 6.45. The van der Waals surface area contributed by atoms with Gasteiger partial charge in [-0.25, -0.2) is 4.98 Å². The van der Waals surface area contributed by atoms with E-state index in [-0.39, 0.29) is 5.92 Å². The summed E-state index contributed by atoms with van der Waals surface area (Å²) in [4.78, 5) is 18.8. The summed E-state index contributed by atoms with van der Waals surface area (Å²) < 4.78 is 0. The molecule has 0 unspecified atom stereocenters. The van der Waals surface area contributed by atoms with Crippen molar-refractivity contribution in [3.05, 3.63) is 24.0 Å². The van der Waals surface area contributed by atoms with Gasteiger partial charge < -0.3 is 4.90 Å². The van der Waals surface area contributed by atoms with Gasteiger partial charge in [0.15, 0.2) is 5.65 Å². The average Bonchev–Trinajstić information content (AvgIpc) is 3.10. The van der Waals surface area contributed by atoms with Gasteiger partial charge in [-0.1, -0.05) is 6.92 Å². The standard InChI is InChI=1S/C16H20N4O/c1-10-8-13(10)16(21)20-7-3-4-11(9-20)14-12-5-2-6-17-15(12)19-18-14/h2,5-6,10-11,13H,3-4,7-9H2,1H3,(H,17,18,19)/t10-,11-,13+/m1/s1. The Morgan fingerprint density at radius 2 is 2.33 bits per heavy atom. The van der Waals surface area contributed by atoms with Crippen molar-refractivity contribution in [3.63, 3.8) is 0 Å². The molecule has 4 rings (SSSR count). The summed E-state index contributed by atoms with van der Waals surface area (Å²) in [5.74, 6) is 1.57. The third-order valence-corrected chi connectivity index (χ3v) is 4.93. The highest BCUT2D eigenvalue weighted by atomic mass is 16.2. The fourth-order valence-corrected chi connectivity index (χ4v) is 3.49. The van der Waals surface area contributed by atoms with E-state index in [1.807, 2.05) is 6.07 Å². The number of H-pyrrole nitrogens is 1. The molecule has 2 aromatic rings. The van der Waals surface area contributed by atoms with E-state index < -0.39 is 0 Å². The molecule has 2 aliphatic rings. The second-order valence-corrected chi connectivity index (χ2v) is 6.45. The molecule has 1 aliphatic heterocycles. The Morgan fingerprint density at radius 3 is 3.14 bits per heavy atom. The van der Waals surface area contributed by atoms with Crippen LogP contribution in [0.1, 0.15) is 37.8 Å². The summed E-state index contributed by atoms with van der Waals surface area (Å²) in [5, 5.41) is 8.52. The molecule has 21 heavy (non-hydrogen) atoms. The number of aromatic nitrogens is 3. The van der Waals surface area contributed by atoms with E-state index >= 15 is 0 Å². The van der Waals surface area contributed by atoms with Crippen LogP contribution in [0.15, 0.2) is 18.3 Å². The summed E-state index contributed by atoms with van der Waals surface area (Å²) in [6, 6.07) is 4.00. The zero-order valence-electron chi connectivity index (χ0n) is 12.2. The van der Waals surface area contributed by atoms with Crippen molar-refractivity contribution >= 4 is 16.9 Å². The highest BCUT2D eigenvalue weighted by molar-refractivity contribution is 5.82. The number of carbonyl (C=O) groups excluding carboxylic acids is 1. The maximum atomic E-state index is 12.4. The zero-order chi connectivity index (χ0) is 14.4. The van der Waals surface area contributed by atoms with Gasteiger partial charge in [0, 0.05) is 42.2 Å². The predicted octanol–water partition coefficient (Wildman–Crippen LogP) is 2.32. The molecule has 110 valence electrons. The molecule has 1 amide bonds. The number of hydrogen-bond donors (Lipinski definition) is 1. The molecule has 0 spiro atoms. The number of fused-ring (bicyclic) bond motifs is 1. The maximum absolute atomic E-state index is 12.4. The fraction of sp³-hybridized carbons (Fsp3) is 0.562. The molecule has 2 aromatic heterocycles. The van der Waals surface area contributed by atoms with Crippen LogP contribution in [0, 0.1) is 11.8 Å². The van der Waals surface area contributed by atoms with Crippen molar-refractivity contribution in [3.8, 4) is 0 Å². The van der Waals surface area contributed by atoms with Crippen LogP contribution >= 0.6 is 0 Å². The molecule has 0 aromatic carbocycles. The van der Waals surface area contributed by atoms with Crippen LogP contribution in [0.3, 0.4) is 0 Å². The first-order valence-electron chi connectivity index (χ1n) is 7.82. The summed E-state index contributed by atoms with van der Waals surface area (Å²) in [7, 11) is 0. The number of pyridine rings is 1. The van der Waals surface area contributed by atoms with Crippen LogP contribution < -0.4 is 0 Å². The van der Waals surface area contributed by atoms with E-state index in [9.17, 15) is 4.79 Å². The lowest BCUT2D eigenvalue weighted by atomic mass is 9.93. The van der Waals surface area contributed by atoms with Crippen molar-refractivity contribution < 1.29 is 4.79 Å². The molecule has 3 atom stereocenters. The molecule has 1 aliphatic carbocycles. The minimum absolute atomic E-state index is 0.281. The van der Waals surface area contributed by atoms with Gasteiger partial charge >= 0.3 is 0 Å². The molecule has 0 bridgehead atoms. The number of nitrogens with zero attached hydrogens (tertiary/aromatic N) is 3. The first-order chi connectivity index (χ1) is 10.2. The minimum atomic E-state index is 0.281. The van der Waals surface area contributed by atoms with Crippen LogP contribution in [-0.2, 0) is 4.79 Å². The predicted molar refractivity (Wildman–Crippen MR) is 79.7 cm³/mol. The Kier molecular flexibility index (Phi) is 2.94. The normalized spacial score (nSPS) is 28.8. The maximum Gasteiger partial charge on any atom is 0.225 e. The third kappa shape index (κ3) is 2.20. The van der Waals surface area contributed by atoms with Crippen LogP contribution in [0.5, 0.6) is 0 Å². The Morgan fingerprint density at radius 1 is 1.48 bits per heavy atom. The Balaban J connectivity index is 1.56. The molecule has 1 N–H and O–H groups in total. The molecular formula is C16H20N4O. The van der Waals surface area contributed by atoms with Gasteiger partial charge in [-0.05, 0) is 37.3 Å². The first-order valence-corrected chi connectivity index (χ1v) is 7.82. The topological polar surface area (TPSA) is 61.9 Å². The summed E-state index contributed by atoms with van der Waals surface area (Å²) in [6.45, 7) is 3.88. The number of aromatic amines is 1. The highest BCUT2D eigenvalue weighted by Gasteiger charge is 2.42. The molecule has 3 heterocycles. The largest absolute Gasteiger partial charge is 0.342 e. The molecule has 1 saturated heterocycles. The fourth-order valence-electron chi connectivity index (χ4n) is 3.49. The van der Waals surface area contributed by atoms with Gasteiger partial charge in [0.2, 0.25) is 5.91 Å². The Hall–Kier alpha value is -1.91. The smallest absolute Gasteiger partial charge is 0.225 e. The highest BCUT2D eigenvalue weighted by Crippen LogP contribution is 2.40. The number of carbonyl (C=O) groups is 1. The minimum Gasteiger partial charge on any atom is -0.342 e. The molecule has 0 radical (unpaired) electrons. The number of likely N-dealkylation sites (tertiary alicyclic amines) is 1. The van der Waals surface area contributed by atoms with Gasteiger partial charge in [0.25, 0.3) is 0 Å². The van der Waals surface area contributed by atoms with E-state index in [2.05, 4.69) is 33.1 Å². The molecule has 5 nitrogen and oxygen atoms in total. The summed E-state index contributed by atoms with van der Waals surface area (Å²) in [6.07, 6.45) is 5.00. The summed E-state index contributed by atoms with van der Waals surface area (Å²) in [5.41, 5.74) is 1.91. The van der Waals surface area contributed by atoms with Crippen molar-refractivity contribution in [2.75, 3.05) is 13.1 Å². The van der Waals surface area contributed by atoms with Gasteiger partial charge in [-0.15, -0.1) is 0 Å². The third-order valence-electron chi connectivity index (χ3n) is 4.93. The molecule has 1 saturated carbocycles. The lowest BCUT2D eigenvalue weighted by Gasteiger charge is -2.32. The Labute approximate surface area is 123 Å². The van der Waals surface area contributed by atoms with Gasteiger partial charge in [-0.2, -0.15) is 5.10 Å². The monoisotopic (exact) mass is 284 g/mol. The first kappa shape index (κ1) is 12.8. The van der Waals surface area contributed by atoms with E-state index in [4.69, 9.17) is 0 Å². The van der Waals surface area contributed by atoms with E-state index in [0.29, 0.717) is 17.7 Å². The average molecular weight is 284 g/mol. The zero-order valence-corrected chi connectivity index (χ0v) is 12.2. The van der Waals surface area contributed by atoms with Crippen LogP contribution in [-0.4, -0.2) is 39.1 Å².